The molecule has 120 valence electrons. The van der Waals surface area contributed by atoms with Gasteiger partial charge in [-0.05, 0) is 12.5 Å². The number of nitrogens with one attached hydrogen (secondary N) is 1. The van der Waals surface area contributed by atoms with E-state index in [-0.39, 0.29) is 5.91 Å². The molecule has 3 aromatic heterocycles. The maximum atomic E-state index is 12.9. The number of aromatic amines is 1. The Morgan fingerprint density at radius 1 is 1.33 bits per heavy atom. The lowest BCUT2D eigenvalue weighted by molar-refractivity contribution is 0.0787. The summed E-state index contributed by atoms with van der Waals surface area (Å²) in [6.07, 6.45) is 4.82. The van der Waals surface area contributed by atoms with Crippen LogP contribution in [0.3, 0.4) is 0 Å². The molecule has 0 unspecified atom stereocenters. The number of rotatable bonds is 2. The Balaban J connectivity index is 1.43. The zero-order chi connectivity index (χ0) is 16.1. The third kappa shape index (κ3) is 1.98. The molecule has 0 radical (unpaired) electrons. The number of amides is 1. The number of carbonyl (C=O) groups excluding carboxylic acids is 1. The van der Waals surface area contributed by atoms with E-state index in [2.05, 4.69) is 20.6 Å². The molecular weight excluding hydrogens is 322 g/mol. The zero-order valence-electron chi connectivity index (χ0n) is 12.8. The molecule has 4 aromatic rings. The minimum Gasteiger partial charge on any atom is -0.337 e. The number of thiazole rings is 1. The van der Waals surface area contributed by atoms with Crippen LogP contribution < -0.4 is 0 Å². The number of nitrogens with zero attached hydrogens (tertiary/aromatic N) is 4. The highest BCUT2D eigenvalue weighted by Crippen LogP contribution is 2.32. The first-order valence-corrected chi connectivity index (χ1v) is 8.81. The Kier molecular flexibility index (Phi) is 2.96. The Morgan fingerprint density at radius 3 is 3.21 bits per heavy atom. The normalized spacial score (nSPS) is 18.0. The van der Waals surface area contributed by atoms with Crippen LogP contribution in [0.15, 0.2) is 42.2 Å². The van der Waals surface area contributed by atoms with E-state index in [0.29, 0.717) is 18.2 Å². The van der Waals surface area contributed by atoms with Gasteiger partial charge in [-0.1, -0.05) is 18.2 Å². The lowest BCUT2D eigenvalue weighted by Crippen LogP contribution is -2.29. The van der Waals surface area contributed by atoms with Gasteiger partial charge in [0.05, 0.1) is 11.2 Å². The van der Waals surface area contributed by atoms with Crippen molar-refractivity contribution in [2.24, 2.45) is 0 Å². The maximum absolute atomic E-state index is 12.9. The molecule has 1 saturated heterocycles. The third-order valence-corrected chi connectivity index (χ3v) is 5.61. The molecule has 0 bridgehead atoms. The minimum atomic E-state index is -0.00316. The van der Waals surface area contributed by atoms with Gasteiger partial charge in [0.25, 0.3) is 5.91 Å². The van der Waals surface area contributed by atoms with Crippen molar-refractivity contribution in [3.05, 3.63) is 53.6 Å². The number of H-pyrrole nitrogens is 1. The molecule has 0 spiro atoms. The summed E-state index contributed by atoms with van der Waals surface area (Å²) in [5, 5.41) is 10.1. The van der Waals surface area contributed by atoms with Crippen LogP contribution in [0.1, 0.15) is 28.5 Å². The summed E-state index contributed by atoms with van der Waals surface area (Å²) in [5.41, 5.74) is 2.51. The summed E-state index contributed by atoms with van der Waals surface area (Å²) in [5.74, 6) is 0.291. The summed E-state index contributed by atoms with van der Waals surface area (Å²) in [7, 11) is 0. The number of fused-ring (bicyclic) bond motifs is 2. The van der Waals surface area contributed by atoms with E-state index >= 15 is 0 Å². The van der Waals surface area contributed by atoms with Crippen molar-refractivity contribution in [3.63, 3.8) is 0 Å². The number of aromatic nitrogens is 4. The fraction of sp³-hybridized carbons (Fsp3) is 0.235. The predicted molar refractivity (Wildman–Crippen MR) is 92.4 cm³/mol. The fourth-order valence-corrected chi connectivity index (χ4v) is 4.37. The van der Waals surface area contributed by atoms with Gasteiger partial charge in [0.15, 0.2) is 5.69 Å². The monoisotopic (exact) mass is 337 g/mol. The molecule has 1 aliphatic heterocycles. The highest BCUT2D eigenvalue weighted by atomic mass is 32.1. The Bertz CT molecular complexity index is 1050. The van der Waals surface area contributed by atoms with Crippen LogP contribution in [0, 0.1) is 0 Å². The van der Waals surface area contributed by atoms with Gasteiger partial charge in [-0.3, -0.25) is 14.3 Å². The summed E-state index contributed by atoms with van der Waals surface area (Å²) in [4.78, 5) is 20.5. The first-order chi connectivity index (χ1) is 11.8. The van der Waals surface area contributed by atoms with Crippen molar-refractivity contribution in [3.8, 4) is 0 Å². The average Bonchev–Trinajstić information content (AvgIpc) is 3.35. The zero-order valence-corrected chi connectivity index (χ0v) is 13.7. The second-order valence-electron chi connectivity index (χ2n) is 6.10. The van der Waals surface area contributed by atoms with Crippen molar-refractivity contribution in [2.45, 2.75) is 12.3 Å². The molecule has 1 amide bonds. The van der Waals surface area contributed by atoms with Crippen molar-refractivity contribution >= 4 is 33.0 Å². The Labute approximate surface area is 141 Å². The lowest BCUT2D eigenvalue weighted by Gasteiger charge is -2.14. The van der Waals surface area contributed by atoms with E-state index < -0.39 is 0 Å². The summed E-state index contributed by atoms with van der Waals surface area (Å²) < 4.78 is 2.05. The molecule has 1 aliphatic rings. The number of likely N-dealkylation sites (tertiary alicyclic amines) is 1. The van der Waals surface area contributed by atoms with Gasteiger partial charge in [0, 0.05) is 36.0 Å². The van der Waals surface area contributed by atoms with Crippen LogP contribution >= 0.6 is 11.3 Å². The first kappa shape index (κ1) is 13.7. The summed E-state index contributed by atoms with van der Waals surface area (Å²) in [6.45, 7) is 1.44. The van der Waals surface area contributed by atoms with E-state index in [1.807, 2.05) is 46.1 Å². The lowest BCUT2D eigenvalue weighted by atomic mass is 10.1. The predicted octanol–water partition coefficient (Wildman–Crippen LogP) is 2.90. The van der Waals surface area contributed by atoms with Gasteiger partial charge in [-0.15, -0.1) is 11.3 Å². The number of imidazole rings is 1. The molecule has 5 rings (SSSR count). The number of hydrogen-bond acceptors (Lipinski definition) is 4. The molecule has 6 nitrogen and oxygen atoms in total. The molecule has 7 heteroatoms. The second-order valence-corrected chi connectivity index (χ2v) is 6.99. The van der Waals surface area contributed by atoms with Crippen LogP contribution in [0.25, 0.3) is 15.7 Å². The van der Waals surface area contributed by atoms with E-state index in [1.165, 1.54) is 4.83 Å². The smallest absolute Gasteiger partial charge is 0.275 e. The van der Waals surface area contributed by atoms with Gasteiger partial charge in [-0.25, -0.2) is 4.98 Å². The molecule has 0 saturated carbocycles. The third-order valence-electron chi connectivity index (χ3n) is 4.71. The minimum absolute atomic E-state index is 0.00316. The quantitative estimate of drug-likeness (QED) is 0.611. The number of para-hydroxylation sites is 1. The van der Waals surface area contributed by atoms with Crippen molar-refractivity contribution in [1.29, 1.82) is 0 Å². The summed E-state index contributed by atoms with van der Waals surface area (Å²) in [6, 6.07) is 7.74. The molecule has 1 fully saturated rings. The van der Waals surface area contributed by atoms with Gasteiger partial charge < -0.3 is 4.90 Å². The highest BCUT2D eigenvalue weighted by Gasteiger charge is 2.32. The van der Waals surface area contributed by atoms with E-state index in [9.17, 15) is 4.79 Å². The fourth-order valence-electron chi connectivity index (χ4n) is 3.48. The van der Waals surface area contributed by atoms with Gasteiger partial charge in [0.2, 0.25) is 0 Å². The van der Waals surface area contributed by atoms with Crippen LogP contribution in [0.4, 0.5) is 0 Å². The molecule has 24 heavy (non-hydrogen) atoms. The topological polar surface area (TPSA) is 66.3 Å². The molecule has 4 heterocycles. The highest BCUT2D eigenvalue weighted by molar-refractivity contribution is 7.15. The number of benzene rings is 1. The van der Waals surface area contributed by atoms with Gasteiger partial charge >= 0.3 is 0 Å². The molecule has 1 aromatic carbocycles. The molecule has 0 aliphatic carbocycles. The van der Waals surface area contributed by atoms with Gasteiger partial charge in [-0.2, -0.15) is 5.10 Å². The van der Waals surface area contributed by atoms with E-state index in [0.717, 1.165) is 29.6 Å². The van der Waals surface area contributed by atoms with Crippen LogP contribution in [-0.4, -0.2) is 43.5 Å². The SMILES string of the molecule is O=C(c1n[nH]c2ccccc12)N1CC[C@H](c2ncn3ccsc23)C1. The molecular formula is C17H15N5OS. The Morgan fingerprint density at radius 2 is 2.25 bits per heavy atom. The molecule has 1 atom stereocenters. The van der Waals surface area contributed by atoms with Crippen molar-refractivity contribution in [2.75, 3.05) is 13.1 Å². The Hall–Kier alpha value is -2.67. The van der Waals surface area contributed by atoms with Crippen LogP contribution in [-0.2, 0) is 0 Å². The van der Waals surface area contributed by atoms with E-state index in [1.54, 1.807) is 11.3 Å². The molecule has 1 N–H and O–H groups in total. The van der Waals surface area contributed by atoms with Crippen LogP contribution in [0.2, 0.25) is 0 Å². The summed E-state index contributed by atoms with van der Waals surface area (Å²) >= 11 is 1.70. The van der Waals surface area contributed by atoms with E-state index in [4.69, 9.17) is 0 Å². The number of carbonyl (C=O) groups is 1. The van der Waals surface area contributed by atoms with Gasteiger partial charge in [0.1, 0.15) is 11.2 Å². The largest absolute Gasteiger partial charge is 0.337 e. The first-order valence-electron chi connectivity index (χ1n) is 7.93. The second kappa shape index (κ2) is 5.17. The maximum Gasteiger partial charge on any atom is 0.275 e. The standard InChI is InChI=1S/C17H15N5OS/c23-16(15-12-3-1-2-4-13(12)19-20-15)21-6-5-11(9-21)14-17-22(10-18-14)7-8-24-17/h1-4,7-8,10-11H,5-6,9H2,(H,19,20)/t11-/m0/s1. The van der Waals surface area contributed by atoms with Crippen molar-refractivity contribution in [1.82, 2.24) is 24.5 Å². The van der Waals surface area contributed by atoms with Crippen molar-refractivity contribution < 1.29 is 4.79 Å². The average molecular weight is 337 g/mol. The number of hydrogen-bond donors (Lipinski definition) is 1. The van der Waals surface area contributed by atoms with Crippen LogP contribution in [0.5, 0.6) is 0 Å².